The van der Waals surface area contributed by atoms with Gasteiger partial charge < -0.3 is 19.5 Å². The van der Waals surface area contributed by atoms with Gasteiger partial charge in [-0.1, -0.05) is 17.7 Å². The van der Waals surface area contributed by atoms with E-state index in [4.69, 9.17) is 21.1 Å². The van der Waals surface area contributed by atoms with Crippen molar-refractivity contribution < 1.29 is 27.4 Å². The summed E-state index contributed by atoms with van der Waals surface area (Å²) in [7, 11) is 1.59. The third-order valence-electron chi connectivity index (χ3n) is 2.42. The summed E-state index contributed by atoms with van der Waals surface area (Å²) in [6.07, 6.45) is -4.37. The Kier molecular flexibility index (Phi) is 7.81. The Hall–Kier alpha value is -1.02. The van der Waals surface area contributed by atoms with Gasteiger partial charge in [0, 0.05) is 30.8 Å². The molecule has 0 bridgehead atoms. The fourth-order valence-electron chi connectivity index (χ4n) is 1.50. The highest BCUT2D eigenvalue weighted by atomic mass is 35.5. The van der Waals surface area contributed by atoms with Crippen LogP contribution >= 0.6 is 11.6 Å². The van der Waals surface area contributed by atoms with Gasteiger partial charge in [-0.25, -0.2) is 0 Å². The molecule has 0 aliphatic carbocycles. The highest BCUT2D eigenvalue weighted by molar-refractivity contribution is 6.31. The maximum Gasteiger partial charge on any atom is 0.411 e. The van der Waals surface area contributed by atoms with Crippen molar-refractivity contribution in [2.75, 3.05) is 33.7 Å². The Balaban J connectivity index is 2.50. The molecule has 120 valence electrons. The second-order valence-electron chi connectivity index (χ2n) is 4.11. The Morgan fingerprint density at radius 1 is 1.29 bits per heavy atom. The van der Waals surface area contributed by atoms with Crippen LogP contribution in [0.5, 0.6) is 5.75 Å². The summed E-state index contributed by atoms with van der Waals surface area (Å²) in [6.45, 7) is -0.279. The molecule has 0 aromatic heterocycles. The van der Waals surface area contributed by atoms with E-state index in [0.29, 0.717) is 36.0 Å². The minimum atomic E-state index is -4.37. The van der Waals surface area contributed by atoms with Crippen molar-refractivity contribution in [3.63, 3.8) is 0 Å². The predicted octanol–water partition coefficient (Wildman–Crippen LogP) is 2.99. The van der Waals surface area contributed by atoms with E-state index in [1.807, 2.05) is 0 Å². The smallest absolute Gasteiger partial charge is 0.411 e. The van der Waals surface area contributed by atoms with E-state index in [0.717, 1.165) is 0 Å². The van der Waals surface area contributed by atoms with Gasteiger partial charge >= 0.3 is 6.18 Å². The van der Waals surface area contributed by atoms with Crippen molar-refractivity contribution >= 4 is 11.6 Å². The first-order chi connectivity index (χ1) is 9.94. The summed E-state index contributed by atoms with van der Waals surface area (Å²) in [5, 5.41) is 3.55. The van der Waals surface area contributed by atoms with Crippen LogP contribution in [0.15, 0.2) is 18.2 Å². The molecule has 0 spiro atoms. The molecule has 0 aliphatic heterocycles. The van der Waals surface area contributed by atoms with E-state index in [2.05, 4.69) is 10.1 Å². The number of benzene rings is 1. The van der Waals surface area contributed by atoms with Crippen LogP contribution in [0.4, 0.5) is 13.2 Å². The van der Waals surface area contributed by atoms with Crippen LogP contribution < -0.4 is 10.1 Å². The molecule has 4 nitrogen and oxygen atoms in total. The van der Waals surface area contributed by atoms with E-state index in [9.17, 15) is 13.2 Å². The summed E-state index contributed by atoms with van der Waals surface area (Å²) in [5.74, 6) is 0.384. The number of ether oxygens (including phenoxy) is 3. The molecule has 0 atom stereocenters. The molecule has 1 aromatic carbocycles. The maximum absolute atomic E-state index is 11.9. The van der Waals surface area contributed by atoms with E-state index in [-0.39, 0.29) is 0 Å². The number of halogens is 4. The summed E-state index contributed by atoms with van der Waals surface area (Å²) < 4.78 is 50.3. The van der Waals surface area contributed by atoms with Crippen LogP contribution in [-0.4, -0.2) is 39.8 Å². The van der Waals surface area contributed by atoms with Crippen LogP contribution in [0.25, 0.3) is 0 Å². The van der Waals surface area contributed by atoms with Gasteiger partial charge in [0.2, 0.25) is 0 Å². The summed E-state index contributed by atoms with van der Waals surface area (Å²) in [5.41, 5.74) is 0.658. The average molecular weight is 328 g/mol. The van der Waals surface area contributed by atoms with Gasteiger partial charge in [0.15, 0.2) is 6.79 Å². The zero-order valence-corrected chi connectivity index (χ0v) is 12.3. The number of rotatable bonds is 9. The number of hydrogen-bond donors (Lipinski definition) is 1. The number of nitrogens with one attached hydrogen (secondary N) is 1. The van der Waals surface area contributed by atoms with Gasteiger partial charge in [-0.15, -0.1) is 0 Å². The van der Waals surface area contributed by atoms with Crippen molar-refractivity contribution in [3.8, 4) is 5.75 Å². The first kappa shape index (κ1) is 18.0. The molecule has 0 radical (unpaired) electrons. The van der Waals surface area contributed by atoms with Gasteiger partial charge in [-0.2, -0.15) is 13.2 Å². The lowest BCUT2D eigenvalue weighted by atomic mass is 10.2. The van der Waals surface area contributed by atoms with Crippen molar-refractivity contribution in [3.05, 3.63) is 28.8 Å². The zero-order valence-electron chi connectivity index (χ0n) is 11.5. The van der Waals surface area contributed by atoms with Crippen molar-refractivity contribution in [1.29, 1.82) is 0 Å². The highest BCUT2D eigenvalue weighted by Crippen LogP contribution is 2.26. The molecule has 21 heavy (non-hydrogen) atoms. The molecule has 0 heterocycles. The third kappa shape index (κ3) is 7.52. The first-order valence-corrected chi connectivity index (χ1v) is 6.56. The fourth-order valence-corrected chi connectivity index (χ4v) is 1.73. The Morgan fingerprint density at radius 2 is 2.05 bits per heavy atom. The monoisotopic (exact) mass is 327 g/mol. The topological polar surface area (TPSA) is 39.7 Å². The van der Waals surface area contributed by atoms with E-state index in [1.165, 1.54) is 0 Å². The van der Waals surface area contributed by atoms with Gasteiger partial charge in [0.05, 0.1) is 6.61 Å². The third-order valence-corrected chi connectivity index (χ3v) is 2.78. The first-order valence-electron chi connectivity index (χ1n) is 6.18. The molecule has 0 amide bonds. The van der Waals surface area contributed by atoms with Crippen LogP contribution in [-0.2, 0) is 16.0 Å². The van der Waals surface area contributed by atoms with E-state index < -0.39 is 19.6 Å². The second kappa shape index (κ2) is 9.09. The molecule has 1 rings (SSSR count). The SMILES string of the molecule is COCCNCc1c(Cl)cccc1OCOCC(F)(F)F. The van der Waals surface area contributed by atoms with Crippen LogP contribution in [0.2, 0.25) is 5.02 Å². The maximum atomic E-state index is 11.9. The molecule has 1 aromatic rings. The average Bonchev–Trinajstić information content (AvgIpc) is 2.41. The molecule has 8 heteroatoms. The molecule has 0 saturated carbocycles. The standard InChI is InChI=1S/C13H17ClF3NO3/c1-19-6-5-18-7-10-11(14)3-2-4-12(10)21-9-20-8-13(15,16)17/h2-4,18H,5-9H2,1H3. The Bertz CT molecular complexity index is 430. The molecule has 1 N–H and O–H groups in total. The van der Waals surface area contributed by atoms with Crippen LogP contribution in [0.3, 0.4) is 0 Å². The molecular formula is C13H17ClF3NO3. The van der Waals surface area contributed by atoms with Crippen LogP contribution in [0, 0.1) is 0 Å². The summed E-state index contributed by atoms with van der Waals surface area (Å²) >= 11 is 6.06. The molecule has 0 aliphatic rings. The van der Waals surface area contributed by atoms with E-state index in [1.54, 1.807) is 25.3 Å². The van der Waals surface area contributed by atoms with E-state index >= 15 is 0 Å². The lowest BCUT2D eigenvalue weighted by molar-refractivity contribution is -0.186. The van der Waals surface area contributed by atoms with Crippen molar-refractivity contribution in [1.82, 2.24) is 5.32 Å². The lowest BCUT2D eigenvalue weighted by Crippen LogP contribution is -2.21. The molecule has 0 unspecified atom stereocenters. The zero-order chi connectivity index (χ0) is 15.7. The lowest BCUT2D eigenvalue weighted by Gasteiger charge is -2.14. The molecular weight excluding hydrogens is 311 g/mol. The quantitative estimate of drug-likeness (QED) is 0.559. The largest absolute Gasteiger partial charge is 0.467 e. The fraction of sp³-hybridized carbons (Fsp3) is 0.538. The van der Waals surface area contributed by atoms with Crippen LogP contribution in [0.1, 0.15) is 5.56 Å². The second-order valence-corrected chi connectivity index (χ2v) is 4.52. The van der Waals surface area contributed by atoms with Gasteiger partial charge in [0.1, 0.15) is 12.4 Å². The van der Waals surface area contributed by atoms with Crippen molar-refractivity contribution in [2.24, 2.45) is 0 Å². The minimum Gasteiger partial charge on any atom is -0.467 e. The number of hydrogen-bond acceptors (Lipinski definition) is 4. The normalized spacial score (nSPS) is 11.7. The highest BCUT2D eigenvalue weighted by Gasteiger charge is 2.27. The number of alkyl halides is 3. The number of methoxy groups -OCH3 is 1. The van der Waals surface area contributed by atoms with Crippen molar-refractivity contribution in [2.45, 2.75) is 12.7 Å². The minimum absolute atomic E-state index is 0.384. The Morgan fingerprint density at radius 3 is 2.71 bits per heavy atom. The molecule has 0 saturated heterocycles. The van der Waals surface area contributed by atoms with Gasteiger partial charge in [0.25, 0.3) is 0 Å². The van der Waals surface area contributed by atoms with Gasteiger partial charge in [-0.05, 0) is 12.1 Å². The van der Waals surface area contributed by atoms with Gasteiger partial charge in [-0.3, -0.25) is 0 Å². The Labute approximate surface area is 126 Å². The summed E-state index contributed by atoms with van der Waals surface area (Å²) in [4.78, 5) is 0. The predicted molar refractivity (Wildman–Crippen MR) is 72.5 cm³/mol. The molecule has 0 fully saturated rings. The summed E-state index contributed by atoms with van der Waals surface area (Å²) in [6, 6.07) is 4.95.